The molecule has 8 heteroatoms. The van der Waals surface area contributed by atoms with E-state index < -0.39 is 0 Å². The second kappa shape index (κ2) is 7.77. The maximum absolute atomic E-state index is 12.2. The number of rotatable bonds is 6. The molecule has 28 heavy (non-hydrogen) atoms. The van der Waals surface area contributed by atoms with Gasteiger partial charge in [0.1, 0.15) is 17.8 Å². The number of alkyl carbamates (subject to hydrolysis) is 1. The summed E-state index contributed by atoms with van der Waals surface area (Å²) in [5.74, 6) is 2.98. The molecule has 2 aromatic rings. The summed E-state index contributed by atoms with van der Waals surface area (Å²) in [5.41, 5.74) is 0.898. The number of H-pyrrole nitrogens is 1. The van der Waals surface area contributed by atoms with E-state index in [1.807, 2.05) is 23.8 Å². The highest BCUT2D eigenvalue weighted by molar-refractivity contribution is 5.68. The third-order valence-electron chi connectivity index (χ3n) is 6.16. The van der Waals surface area contributed by atoms with Crippen LogP contribution in [0.1, 0.15) is 63.0 Å². The maximum Gasteiger partial charge on any atom is 0.407 e. The van der Waals surface area contributed by atoms with Crippen LogP contribution >= 0.6 is 0 Å². The Hall–Kier alpha value is -2.64. The summed E-state index contributed by atoms with van der Waals surface area (Å²) in [4.78, 5) is 19.4. The Balaban J connectivity index is 1.53. The highest BCUT2D eigenvalue weighted by Crippen LogP contribution is 2.43. The van der Waals surface area contributed by atoms with Crippen molar-refractivity contribution in [1.29, 1.82) is 0 Å². The van der Waals surface area contributed by atoms with Gasteiger partial charge in [-0.1, -0.05) is 13.3 Å². The fourth-order valence-electron chi connectivity index (χ4n) is 4.42. The van der Waals surface area contributed by atoms with E-state index in [0.29, 0.717) is 11.7 Å². The zero-order chi connectivity index (χ0) is 19.7. The predicted molar refractivity (Wildman–Crippen MR) is 106 cm³/mol. The minimum Gasteiger partial charge on any atom is -0.446 e. The summed E-state index contributed by atoms with van der Waals surface area (Å²) in [6.45, 7) is 7.75. The number of hydrogen-bond donors (Lipinski definition) is 2. The first-order valence-electron chi connectivity index (χ1n) is 10.1. The lowest BCUT2D eigenvalue weighted by molar-refractivity contribution is 0.0913. The molecule has 2 aliphatic rings. The van der Waals surface area contributed by atoms with E-state index in [1.54, 1.807) is 0 Å². The van der Waals surface area contributed by atoms with Crippen molar-refractivity contribution in [3.05, 3.63) is 23.9 Å². The van der Waals surface area contributed by atoms with Crippen LogP contribution in [0.2, 0.25) is 0 Å². The van der Waals surface area contributed by atoms with E-state index in [9.17, 15) is 4.79 Å². The van der Waals surface area contributed by atoms with Crippen LogP contribution in [-0.4, -0.2) is 44.7 Å². The number of aliphatic imine (C=N–C) groups is 1. The minimum atomic E-state index is -0.286. The van der Waals surface area contributed by atoms with Crippen molar-refractivity contribution in [2.24, 2.45) is 10.9 Å². The first-order valence-corrected chi connectivity index (χ1v) is 10.1. The Bertz CT molecular complexity index is 853. The van der Waals surface area contributed by atoms with E-state index in [4.69, 9.17) is 4.74 Å². The molecular weight excluding hydrogens is 356 g/mol. The summed E-state index contributed by atoms with van der Waals surface area (Å²) in [7, 11) is 0. The molecule has 2 aromatic heterocycles. The summed E-state index contributed by atoms with van der Waals surface area (Å²) in [5, 5.41) is 11.8. The Morgan fingerprint density at radius 2 is 2.25 bits per heavy atom. The van der Waals surface area contributed by atoms with Gasteiger partial charge in [0.2, 0.25) is 0 Å². The number of nitrogens with zero attached hydrogens (tertiary/aromatic N) is 4. The summed E-state index contributed by atoms with van der Waals surface area (Å²) in [6, 6.07) is 2.25. The molecule has 0 bridgehead atoms. The maximum atomic E-state index is 12.2. The lowest BCUT2D eigenvalue weighted by atomic mass is 9.93. The van der Waals surface area contributed by atoms with Crippen LogP contribution in [-0.2, 0) is 4.74 Å². The number of aryl methyl sites for hydroxylation is 1. The number of nitrogens with one attached hydrogen (secondary N) is 2. The lowest BCUT2D eigenvalue weighted by Gasteiger charge is -2.26. The van der Waals surface area contributed by atoms with Gasteiger partial charge in [-0.2, -0.15) is 0 Å². The smallest absolute Gasteiger partial charge is 0.407 e. The van der Waals surface area contributed by atoms with Crippen LogP contribution < -0.4 is 5.32 Å². The number of ether oxygens (including phenoxy) is 1. The Morgan fingerprint density at radius 3 is 2.93 bits per heavy atom. The second-order valence-electron chi connectivity index (χ2n) is 7.86. The molecule has 2 saturated carbocycles. The molecule has 0 saturated heterocycles. The van der Waals surface area contributed by atoms with Crippen molar-refractivity contribution in [2.75, 3.05) is 0 Å². The first kappa shape index (κ1) is 18.7. The van der Waals surface area contributed by atoms with E-state index in [-0.39, 0.29) is 24.2 Å². The molecule has 8 nitrogen and oxygen atoms in total. The molecule has 2 aliphatic carbocycles. The third kappa shape index (κ3) is 3.43. The Kier molecular flexibility index (Phi) is 5.19. The molecule has 4 rings (SSSR count). The van der Waals surface area contributed by atoms with Gasteiger partial charge in [0.05, 0.1) is 5.69 Å². The van der Waals surface area contributed by atoms with Gasteiger partial charge < -0.3 is 15.0 Å². The van der Waals surface area contributed by atoms with Crippen molar-refractivity contribution in [1.82, 2.24) is 25.1 Å². The van der Waals surface area contributed by atoms with E-state index in [1.165, 1.54) is 6.42 Å². The molecule has 1 amide bonds. The number of amides is 1. The first-order chi connectivity index (χ1) is 13.6. The number of carbonyl (C=O) groups excluding carboxylic acids is 1. The molecule has 0 aliphatic heterocycles. The molecule has 150 valence electrons. The van der Waals surface area contributed by atoms with Crippen LogP contribution in [0.3, 0.4) is 0 Å². The monoisotopic (exact) mass is 384 g/mol. The second-order valence-corrected chi connectivity index (χ2v) is 7.86. The predicted octanol–water partition coefficient (Wildman–Crippen LogP) is 3.79. The van der Waals surface area contributed by atoms with Crippen molar-refractivity contribution in [2.45, 2.75) is 70.4 Å². The summed E-state index contributed by atoms with van der Waals surface area (Å²) >= 11 is 0. The summed E-state index contributed by atoms with van der Waals surface area (Å²) < 4.78 is 7.79. The molecule has 0 unspecified atom stereocenters. The van der Waals surface area contributed by atoms with E-state index in [0.717, 1.165) is 49.4 Å². The SMILES string of the molecule is C=Nc1[nH]ccc1-n1c(C)nnc1[C@H]1C[C@@H](OC(=O)NC2CCC2)C[C@H]1CC. The molecular formula is C20H28N6O2. The van der Waals surface area contributed by atoms with Gasteiger partial charge >= 0.3 is 6.09 Å². The van der Waals surface area contributed by atoms with Crippen LogP contribution in [0.25, 0.3) is 5.69 Å². The van der Waals surface area contributed by atoms with E-state index >= 15 is 0 Å². The number of aromatic nitrogens is 4. The number of hydrogen-bond acceptors (Lipinski definition) is 5. The average molecular weight is 384 g/mol. The summed E-state index contributed by atoms with van der Waals surface area (Å²) in [6.07, 6.45) is 7.36. The Morgan fingerprint density at radius 1 is 1.43 bits per heavy atom. The van der Waals surface area contributed by atoms with Crippen LogP contribution in [0.5, 0.6) is 0 Å². The largest absolute Gasteiger partial charge is 0.446 e. The molecule has 2 heterocycles. The van der Waals surface area contributed by atoms with Gasteiger partial charge in [-0.15, -0.1) is 10.2 Å². The normalized spacial score (nSPS) is 24.7. The van der Waals surface area contributed by atoms with Crippen LogP contribution in [0.15, 0.2) is 17.3 Å². The van der Waals surface area contributed by atoms with Crippen LogP contribution in [0.4, 0.5) is 10.6 Å². The zero-order valence-electron chi connectivity index (χ0n) is 16.5. The highest BCUT2D eigenvalue weighted by atomic mass is 16.6. The van der Waals surface area contributed by atoms with Gasteiger partial charge in [-0.25, -0.2) is 9.79 Å². The van der Waals surface area contributed by atoms with Gasteiger partial charge in [0, 0.05) is 18.2 Å². The number of aromatic amines is 1. The van der Waals surface area contributed by atoms with Gasteiger partial charge in [0.25, 0.3) is 0 Å². The fourth-order valence-corrected chi connectivity index (χ4v) is 4.42. The topological polar surface area (TPSA) is 97.2 Å². The minimum absolute atomic E-state index is 0.0938. The van der Waals surface area contributed by atoms with E-state index in [2.05, 4.69) is 39.1 Å². The molecule has 2 N–H and O–H groups in total. The Labute approximate surface area is 164 Å². The van der Waals surface area contributed by atoms with Gasteiger partial charge in [-0.05, 0) is 57.7 Å². The van der Waals surface area contributed by atoms with Crippen molar-refractivity contribution in [3.8, 4) is 5.69 Å². The lowest BCUT2D eigenvalue weighted by Crippen LogP contribution is -2.40. The molecule has 0 spiro atoms. The highest BCUT2D eigenvalue weighted by Gasteiger charge is 2.40. The molecule has 0 aromatic carbocycles. The van der Waals surface area contributed by atoms with Gasteiger partial charge in [-0.3, -0.25) is 4.57 Å². The van der Waals surface area contributed by atoms with Crippen molar-refractivity contribution >= 4 is 18.6 Å². The third-order valence-corrected chi connectivity index (χ3v) is 6.16. The molecule has 3 atom stereocenters. The average Bonchev–Trinajstić information content (AvgIpc) is 3.35. The van der Waals surface area contributed by atoms with Crippen LogP contribution in [0, 0.1) is 12.8 Å². The number of carbonyl (C=O) groups is 1. The van der Waals surface area contributed by atoms with Crippen molar-refractivity contribution in [3.63, 3.8) is 0 Å². The fraction of sp³-hybridized carbons (Fsp3) is 0.600. The van der Waals surface area contributed by atoms with Gasteiger partial charge in [0.15, 0.2) is 5.82 Å². The standard InChI is InChI=1S/C20H28N6O2/c1-4-13-10-15(28-20(27)23-14-6-5-7-14)11-16(13)19-25-24-12(2)26(19)17-8-9-22-18(17)21-3/h8-9,13-16,22H,3-7,10-11H2,1-2H3,(H,23,27)/t13-,15+,16+/m1/s1. The van der Waals surface area contributed by atoms with Crippen molar-refractivity contribution < 1.29 is 9.53 Å². The zero-order valence-corrected chi connectivity index (χ0v) is 16.5. The molecule has 2 fully saturated rings. The quantitative estimate of drug-likeness (QED) is 0.741. The molecule has 0 radical (unpaired) electrons.